The first-order valence-electron chi connectivity index (χ1n) is 5.95. The molecular weight excluding hydrogens is 192 g/mol. The summed E-state index contributed by atoms with van der Waals surface area (Å²) in [6.07, 6.45) is 4.18. The first-order valence-corrected chi connectivity index (χ1v) is 7.11. The van der Waals surface area contributed by atoms with Crippen molar-refractivity contribution in [2.45, 2.75) is 38.3 Å². The Morgan fingerprint density at radius 3 is 3.07 bits per heavy atom. The van der Waals surface area contributed by atoms with Crippen molar-refractivity contribution in [3.05, 3.63) is 0 Å². The lowest BCUT2D eigenvalue weighted by Gasteiger charge is -2.24. The van der Waals surface area contributed by atoms with Crippen molar-refractivity contribution >= 4 is 11.8 Å². The lowest BCUT2D eigenvalue weighted by atomic mass is 10.2. The van der Waals surface area contributed by atoms with Crippen molar-refractivity contribution in [1.29, 1.82) is 0 Å². The molecular formula is C11H22N2S. The third-order valence-electron chi connectivity index (χ3n) is 3.48. The Balaban J connectivity index is 1.68. The van der Waals surface area contributed by atoms with Crippen LogP contribution >= 0.6 is 11.8 Å². The van der Waals surface area contributed by atoms with Crippen LogP contribution in [0.15, 0.2) is 0 Å². The summed E-state index contributed by atoms with van der Waals surface area (Å²) in [6, 6.07) is 1.63. The zero-order valence-electron chi connectivity index (χ0n) is 9.17. The average Bonchev–Trinajstić information content (AvgIpc) is 2.85. The highest BCUT2D eigenvalue weighted by Crippen LogP contribution is 2.19. The van der Waals surface area contributed by atoms with E-state index in [9.17, 15) is 0 Å². The molecule has 2 aliphatic heterocycles. The highest BCUT2D eigenvalue weighted by atomic mass is 32.2. The van der Waals surface area contributed by atoms with E-state index in [-0.39, 0.29) is 0 Å². The standard InChI is InChI=1S/C11H22N2S/c1-2-13-6-3-4-11(13)8-12-10-5-7-14-9-10/h10-12H,2-9H2,1H3. The first-order chi connectivity index (χ1) is 6.90. The number of nitrogens with one attached hydrogen (secondary N) is 1. The van der Waals surface area contributed by atoms with Gasteiger partial charge >= 0.3 is 0 Å². The second-order valence-electron chi connectivity index (χ2n) is 4.39. The van der Waals surface area contributed by atoms with E-state index in [1.165, 1.54) is 50.4 Å². The lowest BCUT2D eigenvalue weighted by Crippen LogP contribution is -2.41. The molecule has 2 nitrogen and oxygen atoms in total. The van der Waals surface area contributed by atoms with Gasteiger partial charge in [0.25, 0.3) is 0 Å². The van der Waals surface area contributed by atoms with Gasteiger partial charge in [0, 0.05) is 24.4 Å². The minimum absolute atomic E-state index is 0.805. The quantitative estimate of drug-likeness (QED) is 0.765. The van der Waals surface area contributed by atoms with E-state index in [0.717, 1.165) is 12.1 Å². The number of rotatable bonds is 4. The van der Waals surface area contributed by atoms with Crippen molar-refractivity contribution < 1.29 is 0 Å². The summed E-state index contributed by atoms with van der Waals surface area (Å²) in [6.45, 7) is 6.05. The number of thioether (sulfide) groups is 1. The number of likely N-dealkylation sites (tertiary alicyclic amines) is 1. The first kappa shape index (κ1) is 10.8. The summed E-state index contributed by atoms with van der Waals surface area (Å²) >= 11 is 2.10. The summed E-state index contributed by atoms with van der Waals surface area (Å²) in [5, 5.41) is 3.73. The van der Waals surface area contributed by atoms with E-state index < -0.39 is 0 Å². The molecule has 2 aliphatic rings. The largest absolute Gasteiger partial charge is 0.312 e. The Labute approximate surface area is 91.8 Å². The molecule has 2 fully saturated rings. The van der Waals surface area contributed by atoms with E-state index in [1.807, 2.05) is 0 Å². The Morgan fingerprint density at radius 1 is 1.43 bits per heavy atom. The van der Waals surface area contributed by atoms with Crippen molar-refractivity contribution in [2.75, 3.05) is 31.1 Å². The van der Waals surface area contributed by atoms with Crippen LogP contribution in [-0.4, -0.2) is 48.1 Å². The maximum atomic E-state index is 3.73. The van der Waals surface area contributed by atoms with Crippen LogP contribution in [0.5, 0.6) is 0 Å². The summed E-state index contributed by atoms with van der Waals surface area (Å²) < 4.78 is 0. The van der Waals surface area contributed by atoms with Crippen LogP contribution < -0.4 is 5.32 Å². The molecule has 1 N–H and O–H groups in total. The van der Waals surface area contributed by atoms with Gasteiger partial charge in [0.1, 0.15) is 0 Å². The summed E-state index contributed by atoms with van der Waals surface area (Å²) in [5.74, 6) is 2.69. The van der Waals surface area contributed by atoms with Crippen LogP contribution in [0.4, 0.5) is 0 Å². The van der Waals surface area contributed by atoms with Crippen LogP contribution in [0.1, 0.15) is 26.2 Å². The fourth-order valence-electron chi connectivity index (χ4n) is 2.54. The normalized spacial score (nSPS) is 34.1. The molecule has 3 heteroatoms. The van der Waals surface area contributed by atoms with Gasteiger partial charge in [0.05, 0.1) is 0 Å². The monoisotopic (exact) mass is 214 g/mol. The molecule has 0 spiro atoms. The van der Waals surface area contributed by atoms with Gasteiger partial charge in [-0.3, -0.25) is 4.90 Å². The molecule has 0 aliphatic carbocycles. The van der Waals surface area contributed by atoms with Crippen molar-refractivity contribution in [3.63, 3.8) is 0 Å². The summed E-state index contributed by atoms with van der Waals surface area (Å²) in [4.78, 5) is 2.62. The van der Waals surface area contributed by atoms with Gasteiger partial charge in [0.15, 0.2) is 0 Å². The molecule has 2 saturated heterocycles. The predicted molar refractivity (Wildman–Crippen MR) is 64.0 cm³/mol. The molecule has 82 valence electrons. The second-order valence-corrected chi connectivity index (χ2v) is 5.54. The maximum Gasteiger partial charge on any atom is 0.0221 e. The Hall–Kier alpha value is 0.270. The van der Waals surface area contributed by atoms with E-state index in [4.69, 9.17) is 0 Å². The average molecular weight is 214 g/mol. The van der Waals surface area contributed by atoms with Crippen molar-refractivity contribution in [3.8, 4) is 0 Å². The van der Waals surface area contributed by atoms with Crippen molar-refractivity contribution in [2.24, 2.45) is 0 Å². The highest BCUT2D eigenvalue weighted by molar-refractivity contribution is 7.99. The number of hydrogen-bond acceptors (Lipinski definition) is 3. The molecule has 0 radical (unpaired) electrons. The van der Waals surface area contributed by atoms with E-state index in [0.29, 0.717) is 0 Å². The topological polar surface area (TPSA) is 15.3 Å². The van der Waals surface area contributed by atoms with Gasteiger partial charge < -0.3 is 5.32 Å². The van der Waals surface area contributed by atoms with Gasteiger partial charge in [-0.05, 0) is 38.1 Å². The zero-order valence-corrected chi connectivity index (χ0v) is 9.98. The predicted octanol–water partition coefficient (Wildman–Crippen LogP) is 1.57. The molecule has 2 heterocycles. The van der Waals surface area contributed by atoms with Gasteiger partial charge in [-0.2, -0.15) is 11.8 Å². The third-order valence-corrected chi connectivity index (χ3v) is 4.64. The minimum atomic E-state index is 0.805. The fourth-order valence-corrected chi connectivity index (χ4v) is 3.73. The van der Waals surface area contributed by atoms with Crippen LogP contribution in [0, 0.1) is 0 Å². The molecule has 2 rings (SSSR count). The molecule has 0 saturated carbocycles. The molecule has 0 aromatic rings. The number of likely N-dealkylation sites (N-methyl/N-ethyl adjacent to an activating group) is 1. The van der Waals surface area contributed by atoms with Gasteiger partial charge in [0.2, 0.25) is 0 Å². The smallest absolute Gasteiger partial charge is 0.0221 e. The molecule has 2 atom stereocenters. The molecule has 0 aromatic heterocycles. The molecule has 2 unspecified atom stereocenters. The fraction of sp³-hybridized carbons (Fsp3) is 1.00. The highest BCUT2D eigenvalue weighted by Gasteiger charge is 2.24. The minimum Gasteiger partial charge on any atom is -0.312 e. The SMILES string of the molecule is CCN1CCCC1CNC1CCSC1. The molecule has 0 bridgehead atoms. The van der Waals surface area contributed by atoms with Crippen molar-refractivity contribution in [1.82, 2.24) is 10.2 Å². The lowest BCUT2D eigenvalue weighted by molar-refractivity contribution is 0.255. The second kappa shape index (κ2) is 5.38. The number of hydrogen-bond donors (Lipinski definition) is 1. The summed E-state index contributed by atoms with van der Waals surface area (Å²) in [7, 11) is 0. The molecule has 14 heavy (non-hydrogen) atoms. The van der Waals surface area contributed by atoms with Crippen LogP contribution in [0.2, 0.25) is 0 Å². The zero-order chi connectivity index (χ0) is 9.80. The third kappa shape index (κ3) is 2.65. The van der Waals surface area contributed by atoms with E-state index in [1.54, 1.807) is 0 Å². The van der Waals surface area contributed by atoms with Gasteiger partial charge in [-0.25, -0.2) is 0 Å². The maximum absolute atomic E-state index is 3.73. The Morgan fingerprint density at radius 2 is 2.36 bits per heavy atom. The van der Waals surface area contributed by atoms with Gasteiger partial charge in [-0.1, -0.05) is 6.92 Å². The number of nitrogens with zero attached hydrogens (tertiary/aromatic N) is 1. The summed E-state index contributed by atoms with van der Waals surface area (Å²) in [5.41, 5.74) is 0. The Kier molecular flexibility index (Phi) is 4.14. The van der Waals surface area contributed by atoms with Crippen LogP contribution in [0.25, 0.3) is 0 Å². The Bertz CT molecular complexity index is 169. The van der Waals surface area contributed by atoms with E-state index in [2.05, 4.69) is 28.9 Å². The molecule has 0 amide bonds. The molecule has 0 aromatic carbocycles. The van der Waals surface area contributed by atoms with Crippen LogP contribution in [0.3, 0.4) is 0 Å². The van der Waals surface area contributed by atoms with Gasteiger partial charge in [-0.15, -0.1) is 0 Å². The van der Waals surface area contributed by atoms with Crippen LogP contribution in [-0.2, 0) is 0 Å². The van der Waals surface area contributed by atoms with E-state index >= 15 is 0 Å².